The maximum Gasteiger partial charge on any atom is 0.244 e. The van der Waals surface area contributed by atoms with E-state index in [2.05, 4.69) is 36.8 Å². The van der Waals surface area contributed by atoms with Crippen molar-refractivity contribution in [2.75, 3.05) is 0 Å². The van der Waals surface area contributed by atoms with Crippen LogP contribution in [0.4, 0.5) is 0 Å². The summed E-state index contributed by atoms with van der Waals surface area (Å²) in [6.07, 6.45) is 1.34. The number of rotatable bonds is 1. The van der Waals surface area contributed by atoms with Crippen LogP contribution in [0.15, 0.2) is 15.5 Å². The molecule has 10 heavy (non-hydrogen) atoms. The molecule has 0 aliphatic heterocycles. The molecule has 0 aliphatic rings. The smallest absolute Gasteiger partial charge is 0.234 e. The molecule has 0 spiro atoms. The predicted octanol–water partition coefficient (Wildman–Crippen LogP) is 1.45. The van der Waals surface area contributed by atoms with Crippen LogP contribution in [-0.4, -0.2) is 14.7 Å². The SMILES string of the molecule is O=[N+]([O-])n1c(Br)cnc1Br. The summed E-state index contributed by atoms with van der Waals surface area (Å²) in [7, 11) is 0. The minimum absolute atomic E-state index is 0.171. The zero-order valence-corrected chi connectivity index (χ0v) is 7.66. The Morgan fingerprint density at radius 3 is 2.50 bits per heavy atom. The van der Waals surface area contributed by atoms with E-state index in [0.29, 0.717) is 4.60 Å². The van der Waals surface area contributed by atoms with Gasteiger partial charge in [0.15, 0.2) is 9.64 Å². The first-order valence-corrected chi connectivity index (χ1v) is 3.75. The first kappa shape index (κ1) is 7.67. The van der Waals surface area contributed by atoms with E-state index in [9.17, 15) is 10.1 Å². The second-order valence-electron chi connectivity index (χ2n) is 1.40. The van der Waals surface area contributed by atoms with Crippen molar-refractivity contribution in [2.24, 2.45) is 0 Å². The molecule has 0 fully saturated rings. The van der Waals surface area contributed by atoms with Gasteiger partial charge in [0, 0.05) is 0 Å². The molecule has 0 bridgehead atoms. The Balaban J connectivity index is 3.23. The van der Waals surface area contributed by atoms with Gasteiger partial charge in [0.2, 0.25) is 4.73 Å². The van der Waals surface area contributed by atoms with Gasteiger partial charge in [-0.2, -0.15) is 0 Å². The molecule has 7 heteroatoms. The second-order valence-corrected chi connectivity index (χ2v) is 2.92. The highest BCUT2D eigenvalue weighted by atomic mass is 79.9. The molecule has 1 aromatic rings. The molecule has 1 rings (SSSR count). The molecular formula is C3HBr2N3O2. The van der Waals surface area contributed by atoms with E-state index in [0.717, 1.165) is 4.68 Å². The third kappa shape index (κ3) is 1.19. The van der Waals surface area contributed by atoms with Crippen LogP contribution in [0.25, 0.3) is 0 Å². The fourth-order valence-corrected chi connectivity index (χ4v) is 1.51. The quantitative estimate of drug-likeness (QED) is 0.573. The summed E-state index contributed by atoms with van der Waals surface area (Å²) in [4.78, 5) is 13.8. The maximum atomic E-state index is 10.2. The van der Waals surface area contributed by atoms with E-state index >= 15 is 0 Å². The lowest BCUT2D eigenvalue weighted by Gasteiger charge is -1.90. The van der Waals surface area contributed by atoms with E-state index in [-0.39, 0.29) is 4.73 Å². The summed E-state index contributed by atoms with van der Waals surface area (Å²) in [5.74, 6) is 0. The highest BCUT2D eigenvalue weighted by Gasteiger charge is 2.13. The van der Waals surface area contributed by atoms with Crippen LogP contribution in [0, 0.1) is 10.1 Å². The number of halogens is 2. The van der Waals surface area contributed by atoms with Gasteiger partial charge in [-0.3, -0.25) is 0 Å². The van der Waals surface area contributed by atoms with Crippen molar-refractivity contribution in [1.29, 1.82) is 0 Å². The molecule has 0 aliphatic carbocycles. The summed E-state index contributed by atoms with van der Waals surface area (Å²) >= 11 is 5.84. The highest BCUT2D eigenvalue weighted by Crippen LogP contribution is 2.15. The summed E-state index contributed by atoms with van der Waals surface area (Å²) in [6.45, 7) is 0. The number of aromatic nitrogens is 2. The summed E-state index contributed by atoms with van der Waals surface area (Å²) < 4.78 is 1.26. The van der Waals surface area contributed by atoms with E-state index in [4.69, 9.17) is 0 Å². The van der Waals surface area contributed by atoms with Crippen molar-refractivity contribution < 1.29 is 5.03 Å². The van der Waals surface area contributed by atoms with Crippen molar-refractivity contribution in [3.05, 3.63) is 25.6 Å². The van der Waals surface area contributed by atoms with Crippen molar-refractivity contribution in [3.8, 4) is 0 Å². The van der Waals surface area contributed by atoms with Crippen LogP contribution in [0.2, 0.25) is 0 Å². The topological polar surface area (TPSA) is 61.0 Å². The normalized spacial score (nSPS) is 9.80. The van der Waals surface area contributed by atoms with Gasteiger partial charge in [0.25, 0.3) is 0 Å². The van der Waals surface area contributed by atoms with E-state index in [1.54, 1.807) is 0 Å². The Bertz CT molecular complexity index is 251. The zero-order chi connectivity index (χ0) is 7.72. The first-order valence-electron chi connectivity index (χ1n) is 2.16. The molecule has 0 aromatic carbocycles. The maximum absolute atomic E-state index is 10.2. The standard InChI is InChI=1S/C3HBr2N3O2/c4-2-1-6-3(5)7(2)8(9)10/h1H. The Labute approximate surface area is 72.4 Å². The van der Waals surface area contributed by atoms with Gasteiger partial charge in [0.05, 0.1) is 6.20 Å². The van der Waals surface area contributed by atoms with Crippen LogP contribution in [-0.2, 0) is 0 Å². The van der Waals surface area contributed by atoms with Gasteiger partial charge >= 0.3 is 0 Å². The van der Waals surface area contributed by atoms with E-state index in [1.165, 1.54) is 6.20 Å². The van der Waals surface area contributed by atoms with Gasteiger partial charge < -0.3 is 0 Å². The molecule has 0 saturated heterocycles. The average molecular weight is 271 g/mol. The second kappa shape index (κ2) is 2.67. The molecule has 0 unspecified atom stereocenters. The molecule has 1 heterocycles. The Kier molecular flexibility index (Phi) is 2.05. The van der Waals surface area contributed by atoms with Crippen LogP contribution in [0.5, 0.6) is 0 Å². The van der Waals surface area contributed by atoms with Crippen LogP contribution in [0.1, 0.15) is 0 Å². The van der Waals surface area contributed by atoms with Crippen molar-refractivity contribution >= 4 is 31.9 Å². The average Bonchev–Trinajstić information content (AvgIpc) is 2.11. The number of hydrogen-bond acceptors (Lipinski definition) is 3. The Morgan fingerprint density at radius 1 is 1.70 bits per heavy atom. The number of nitro groups is 1. The molecular weight excluding hydrogens is 270 g/mol. The summed E-state index contributed by atoms with van der Waals surface area (Å²) in [6, 6.07) is 0. The van der Waals surface area contributed by atoms with Gasteiger partial charge in [-0.15, -0.1) is 0 Å². The molecule has 54 valence electrons. The van der Waals surface area contributed by atoms with Gasteiger partial charge in [0.1, 0.15) is 0 Å². The number of imidazole rings is 1. The van der Waals surface area contributed by atoms with Crippen molar-refractivity contribution in [3.63, 3.8) is 0 Å². The molecule has 0 saturated carbocycles. The summed E-state index contributed by atoms with van der Waals surface area (Å²) in [5.41, 5.74) is 0. The number of nitrogens with zero attached hydrogens (tertiary/aromatic N) is 3. The summed E-state index contributed by atoms with van der Waals surface area (Å²) in [5, 5.41) is 9.59. The van der Waals surface area contributed by atoms with Crippen molar-refractivity contribution in [1.82, 2.24) is 9.66 Å². The van der Waals surface area contributed by atoms with Crippen LogP contribution >= 0.6 is 31.9 Å². The van der Waals surface area contributed by atoms with E-state index < -0.39 is 5.03 Å². The molecule has 0 amide bonds. The van der Waals surface area contributed by atoms with Gasteiger partial charge in [-0.1, -0.05) is 0 Å². The monoisotopic (exact) mass is 269 g/mol. The predicted molar refractivity (Wildman–Crippen MR) is 40.0 cm³/mol. The molecule has 1 aromatic heterocycles. The fourth-order valence-electron chi connectivity index (χ4n) is 0.449. The first-order chi connectivity index (χ1) is 4.63. The Hall–Kier alpha value is -0.430. The molecule has 5 nitrogen and oxygen atoms in total. The molecule has 0 atom stereocenters. The minimum Gasteiger partial charge on any atom is -0.234 e. The largest absolute Gasteiger partial charge is 0.244 e. The number of hydrogen-bond donors (Lipinski definition) is 0. The molecule has 0 N–H and O–H groups in total. The lowest BCUT2D eigenvalue weighted by Crippen LogP contribution is -2.08. The third-order valence-corrected chi connectivity index (χ3v) is 1.90. The zero-order valence-electron chi connectivity index (χ0n) is 4.49. The van der Waals surface area contributed by atoms with Crippen LogP contribution in [0.3, 0.4) is 0 Å². The van der Waals surface area contributed by atoms with Crippen LogP contribution < -0.4 is 0 Å². The fraction of sp³-hybridized carbons (Fsp3) is 0. The van der Waals surface area contributed by atoms with E-state index in [1.807, 2.05) is 0 Å². The van der Waals surface area contributed by atoms with Gasteiger partial charge in [-0.05, 0) is 36.5 Å². The lowest BCUT2D eigenvalue weighted by molar-refractivity contribution is -0.546. The lowest BCUT2D eigenvalue weighted by atomic mass is 11.0. The highest BCUT2D eigenvalue weighted by molar-refractivity contribution is 9.11. The van der Waals surface area contributed by atoms with Gasteiger partial charge in [-0.25, -0.2) is 15.1 Å². The van der Waals surface area contributed by atoms with Crippen molar-refractivity contribution in [2.45, 2.75) is 0 Å². The minimum atomic E-state index is -0.582. The molecule has 0 radical (unpaired) electrons. The third-order valence-electron chi connectivity index (χ3n) is 0.818. The Morgan fingerprint density at radius 2 is 2.30 bits per heavy atom.